The number of nitrogens with two attached hydrogens (primary N) is 1. The summed E-state index contributed by atoms with van der Waals surface area (Å²) < 4.78 is 5.67. The summed E-state index contributed by atoms with van der Waals surface area (Å²) in [5.74, 6) is 2.02. The SMILES string of the molecule is CCc1cc2c(o1)C(N)(CO)C(C)C2. The quantitative estimate of drug-likeness (QED) is 0.745. The molecule has 78 valence electrons. The molecule has 14 heavy (non-hydrogen) atoms. The maximum Gasteiger partial charge on any atom is 0.129 e. The molecule has 2 rings (SSSR count). The first-order chi connectivity index (χ1) is 6.61. The average molecular weight is 195 g/mol. The van der Waals surface area contributed by atoms with Crippen LogP contribution >= 0.6 is 0 Å². The number of rotatable bonds is 2. The fourth-order valence-electron chi connectivity index (χ4n) is 2.17. The monoisotopic (exact) mass is 195 g/mol. The molecule has 1 aliphatic rings. The Kier molecular flexibility index (Phi) is 2.16. The van der Waals surface area contributed by atoms with E-state index in [1.165, 1.54) is 5.56 Å². The second-order valence-corrected chi connectivity index (χ2v) is 4.22. The van der Waals surface area contributed by atoms with Gasteiger partial charge in [0.2, 0.25) is 0 Å². The van der Waals surface area contributed by atoms with Crippen LogP contribution in [0.2, 0.25) is 0 Å². The Morgan fingerprint density at radius 2 is 2.43 bits per heavy atom. The number of hydrogen-bond donors (Lipinski definition) is 2. The third-order valence-electron chi connectivity index (χ3n) is 3.30. The van der Waals surface area contributed by atoms with E-state index in [1.54, 1.807) is 0 Å². The summed E-state index contributed by atoms with van der Waals surface area (Å²) in [6, 6.07) is 2.07. The van der Waals surface area contributed by atoms with E-state index in [2.05, 4.69) is 19.9 Å². The number of aryl methyl sites for hydroxylation is 1. The minimum absolute atomic E-state index is 0.0438. The lowest BCUT2D eigenvalue weighted by molar-refractivity contribution is 0.138. The Hall–Kier alpha value is -0.800. The van der Waals surface area contributed by atoms with E-state index in [-0.39, 0.29) is 12.5 Å². The zero-order valence-electron chi connectivity index (χ0n) is 8.71. The van der Waals surface area contributed by atoms with Crippen molar-refractivity contribution in [1.29, 1.82) is 0 Å². The Balaban J connectivity index is 2.44. The van der Waals surface area contributed by atoms with Gasteiger partial charge in [0.1, 0.15) is 17.1 Å². The molecule has 0 radical (unpaired) electrons. The normalized spacial score (nSPS) is 30.7. The highest BCUT2D eigenvalue weighted by Gasteiger charge is 2.44. The van der Waals surface area contributed by atoms with Gasteiger partial charge >= 0.3 is 0 Å². The minimum Gasteiger partial charge on any atom is -0.464 e. The van der Waals surface area contributed by atoms with Gasteiger partial charge in [-0.15, -0.1) is 0 Å². The lowest BCUT2D eigenvalue weighted by Crippen LogP contribution is -2.43. The highest BCUT2D eigenvalue weighted by atomic mass is 16.3. The lowest BCUT2D eigenvalue weighted by atomic mass is 9.90. The van der Waals surface area contributed by atoms with Gasteiger partial charge in [-0.1, -0.05) is 13.8 Å². The Morgan fingerprint density at radius 1 is 1.71 bits per heavy atom. The number of aliphatic hydroxyl groups is 1. The lowest BCUT2D eigenvalue weighted by Gasteiger charge is -2.25. The van der Waals surface area contributed by atoms with Crippen molar-refractivity contribution in [3.05, 3.63) is 23.2 Å². The molecule has 3 N–H and O–H groups in total. The summed E-state index contributed by atoms with van der Waals surface area (Å²) in [4.78, 5) is 0. The van der Waals surface area contributed by atoms with Gasteiger partial charge in [-0.25, -0.2) is 0 Å². The van der Waals surface area contributed by atoms with Gasteiger partial charge in [-0.05, 0) is 24.0 Å². The summed E-state index contributed by atoms with van der Waals surface area (Å²) in [6.07, 6.45) is 1.79. The van der Waals surface area contributed by atoms with Gasteiger partial charge < -0.3 is 15.3 Å². The average Bonchev–Trinajstić information content (AvgIpc) is 2.68. The molecule has 3 nitrogen and oxygen atoms in total. The molecular weight excluding hydrogens is 178 g/mol. The molecule has 0 fully saturated rings. The van der Waals surface area contributed by atoms with Crippen molar-refractivity contribution in [3.8, 4) is 0 Å². The molecular formula is C11H17NO2. The summed E-state index contributed by atoms with van der Waals surface area (Å²) in [6.45, 7) is 4.06. The van der Waals surface area contributed by atoms with Crippen LogP contribution in [0.1, 0.15) is 30.9 Å². The molecule has 0 saturated heterocycles. The van der Waals surface area contributed by atoms with Crippen LogP contribution in [0.4, 0.5) is 0 Å². The second-order valence-electron chi connectivity index (χ2n) is 4.22. The van der Waals surface area contributed by atoms with Crippen molar-refractivity contribution in [2.24, 2.45) is 11.7 Å². The molecule has 1 heterocycles. The fourth-order valence-corrected chi connectivity index (χ4v) is 2.17. The number of aliphatic hydroxyl groups excluding tert-OH is 1. The van der Waals surface area contributed by atoms with E-state index in [0.717, 1.165) is 24.4 Å². The largest absolute Gasteiger partial charge is 0.464 e. The van der Waals surface area contributed by atoms with E-state index < -0.39 is 5.54 Å². The van der Waals surface area contributed by atoms with Crippen molar-refractivity contribution in [2.45, 2.75) is 32.2 Å². The van der Waals surface area contributed by atoms with Gasteiger partial charge in [0.15, 0.2) is 0 Å². The van der Waals surface area contributed by atoms with Crippen LogP contribution in [0.5, 0.6) is 0 Å². The molecule has 3 heteroatoms. The molecule has 0 spiro atoms. The van der Waals surface area contributed by atoms with Crippen LogP contribution in [0.15, 0.2) is 10.5 Å². The first-order valence-electron chi connectivity index (χ1n) is 5.13. The molecule has 2 atom stereocenters. The molecule has 1 aromatic heterocycles. The Morgan fingerprint density at radius 3 is 3.00 bits per heavy atom. The smallest absolute Gasteiger partial charge is 0.129 e. The highest BCUT2D eigenvalue weighted by molar-refractivity contribution is 5.34. The Labute approximate surface area is 83.9 Å². The zero-order valence-corrected chi connectivity index (χ0v) is 8.71. The minimum atomic E-state index is -0.664. The van der Waals surface area contributed by atoms with Crippen LogP contribution in [-0.2, 0) is 18.4 Å². The van der Waals surface area contributed by atoms with E-state index >= 15 is 0 Å². The van der Waals surface area contributed by atoms with Gasteiger partial charge in [-0.3, -0.25) is 0 Å². The van der Waals surface area contributed by atoms with Crippen molar-refractivity contribution in [2.75, 3.05) is 6.61 Å². The van der Waals surface area contributed by atoms with E-state index in [1.807, 2.05) is 0 Å². The molecule has 0 aromatic carbocycles. The fraction of sp³-hybridized carbons (Fsp3) is 0.636. The zero-order chi connectivity index (χ0) is 10.3. The standard InChI is InChI=1S/C11H17NO2/c1-3-9-5-8-4-7(2)11(12,6-13)10(8)14-9/h5,7,13H,3-4,6,12H2,1-2H3. The van der Waals surface area contributed by atoms with Crippen molar-refractivity contribution in [1.82, 2.24) is 0 Å². The van der Waals surface area contributed by atoms with Crippen LogP contribution in [0.25, 0.3) is 0 Å². The van der Waals surface area contributed by atoms with Crippen molar-refractivity contribution >= 4 is 0 Å². The predicted molar refractivity (Wildman–Crippen MR) is 53.9 cm³/mol. The number of hydrogen-bond acceptors (Lipinski definition) is 3. The van der Waals surface area contributed by atoms with Crippen LogP contribution in [-0.4, -0.2) is 11.7 Å². The third-order valence-corrected chi connectivity index (χ3v) is 3.30. The van der Waals surface area contributed by atoms with Gasteiger partial charge in [0, 0.05) is 6.42 Å². The summed E-state index contributed by atoms with van der Waals surface area (Å²) in [5.41, 5.74) is 6.65. The molecule has 1 aromatic rings. The molecule has 0 amide bonds. The molecule has 0 aliphatic heterocycles. The maximum atomic E-state index is 9.34. The van der Waals surface area contributed by atoms with Gasteiger partial charge in [-0.2, -0.15) is 0 Å². The molecule has 0 saturated carbocycles. The van der Waals surface area contributed by atoms with Crippen molar-refractivity contribution < 1.29 is 9.52 Å². The van der Waals surface area contributed by atoms with Crippen molar-refractivity contribution in [3.63, 3.8) is 0 Å². The maximum absolute atomic E-state index is 9.34. The summed E-state index contributed by atoms with van der Waals surface area (Å²) >= 11 is 0. The predicted octanol–water partition coefficient (Wildman–Crippen LogP) is 1.18. The molecule has 2 unspecified atom stereocenters. The number of furan rings is 1. The topological polar surface area (TPSA) is 59.4 Å². The Bertz CT molecular complexity index is 345. The summed E-state index contributed by atoms with van der Waals surface area (Å²) in [5, 5.41) is 9.34. The third kappa shape index (κ3) is 1.12. The van der Waals surface area contributed by atoms with Gasteiger partial charge in [0.25, 0.3) is 0 Å². The number of fused-ring (bicyclic) bond motifs is 1. The molecule has 0 bridgehead atoms. The van der Waals surface area contributed by atoms with E-state index in [0.29, 0.717) is 0 Å². The van der Waals surface area contributed by atoms with Crippen LogP contribution in [0, 0.1) is 5.92 Å². The van der Waals surface area contributed by atoms with E-state index in [4.69, 9.17) is 10.2 Å². The first-order valence-corrected chi connectivity index (χ1v) is 5.13. The van der Waals surface area contributed by atoms with Gasteiger partial charge in [0.05, 0.1) is 6.61 Å². The van der Waals surface area contributed by atoms with E-state index in [9.17, 15) is 5.11 Å². The first kappa shape index (κ1) is 9.74. The van der Waals surface area contributed by atoms with Crippen LogP contribution < -0.4 is 5.73 Å². The summed E-state index contributed by atoms with van der Waals surface area (Å²) in [7, 11) is 0. The van der Waals surface area contributed by atoms with Crippen LogP contribution in [0.3, 0.4) is 0 Å². The second kappa shape index (κ2) is 3.11. The molecule has 1 aliphatic carbocycles. The highest BCUT2D eigenvalue weighted by Crippen LogP contribution is 2.40.